The summed E-state index contributed by atoms with van der Waals surface area (Å²) in [7, 11) is 0. The average molecular weight is 420 g/mol. The molecule has 1 N–H and O–H groups in total. The summed E-state index contributed by atoms with van der Waals surface area (Å²) in [6.07, 6.45) is 2.85. The van der Waals surface area contributed by atoms with Gasteiger partial charge in [0.1, 0.15) is 5.69 Å². The summed E-state index contributed by atoms with van der Waals surface area (Å²) in [4.78, 5) is 33.3. The minimum absolute atomic E-state index is 0.0160. The highest BCUT2D eigenvalue weighted by Crippen LogP contribution is 2.38. The van der Waals surface area contributed by atoms with Crippen molar-refractivity contribution in [1.29, 1.82) is 0 Å². The van der Waals surface area contributed by atoms with E-state index in [1.807, 2.05) is 31.2 Å². The molecule has 0 aliphatic carbocycles. The van der Waals surface area contributed by atoms with Gasteiger partial charge in [-0.25, -0.2) is 0 Å². The van der Waals surface area contributed by atoms with E-state index in [9.17, 15) is 9.59 Å². The van der Waals surface area contributed by atoms with Crippen LogP contribution < -0.4 is 5.32 Å². The first-order valence-electron chi connectivity index (χ1n) is 10.2. The Morgan fingerprint density at radius 2 is 1.97 bits per heavy atom. The summed E-state index contributed by atoms with van der Waals surface area (Å²) in [6, 6.07) is 17.7. The molecule has 1 fully saturated rings. The first kappa shape index (κ1) is 20.3. The number of hydrogen-bond acceptors (Lipinski definition) is 4. The maximum atomic E-state index is 13.2. The molecule has 154 valence electrons. The van der Waals surface area contributed by atoms with Crippen LogP contribution in [-0.4, -0.2) is 41.3 Å². The number of nitrogens with zero attached hydrogens (tertiary/aromatic N) is 2. The van der Waals surface area contributed by atoms with Crippen LogP contribution in [0.1, 0.15) is 29.4 Å². The normalized spacial score (nSPS) is 18.4. The Labute approximate surface area is 180 Å². The van der Waals surface area contributed by atoms with Crippen molar-refractivity contribution in [3.8, 4) is 10.4 Å². The van der Waals surface area contributed by atoms with E-state index in [1.165, 1.54) is 4.88 Å². The van der Waals surface area contributed by atoms with Crippen LogP contribution in [0.4, 0.5) is 0 Å². The second-order valence-electron chi connectivity index (χ2n) is 7.64. The number of amides is 2. The van der Waals surface area contributed by atoms with Crippen LogP contribution in [0.15, 0.2) is 66.2 Å². The molecule has 1 aliphatic rings. The molecule has 2 aromatic heterocycles. The van der Waals surface area contributed by atoms with E-state index in [2.05, 4.69) is 33.9 Å². The minimum atomic E-state index is -0.645. The standard InChI is InChI=1S/C24H25N3O2S/c1-2-25-23(29)24(12-14-27(17-24)22(28)20-10-5-6-13-26-20)16-18-8-3-4-9-19(18)21-11-7-15-30-21/h3-11,13,15H,2,12,14,16-17H2,1H3,(H,25,29)/t24-/m1/s1. The Bertz CT molecular complexity index is 1020. The van der Waals surface area contributed by atoms with E-state index in [0.717, 1.165) is 11.1 Å². The van der Waals surface area contributed by atoms with E-state index in [4.69, 9.17) is 0 Å². The molecule has 5 nitrogen and oxygen atoms in total. The molecule has 3 heterocycles. The molecule has 1 aromatic carbocycles. The first-order chi connectivity index (χ1) is 14.6. The lowest BCUT2D eigenvalue weighted by molar-refractivity contribution is -0.130. The Balaban J connectivity index is 1.64. The molecule has 1 saturated heterocycles. The Hall–Kier alpha value is -2.99. The SMILES string of the molecule is CCNC(=O)[C@@]1(Cc2ccccc2-c2cccs2)CCN(C(=O)c2ccccn2)C1. The third-order valence-corrected chi connectivity index (χ3v) is 6.58. The van der Waals surface area contributed by atoms with Crippen molar-refractivity contribution in [3.63, 3.8) is 0 Å². The van der Waals surface area contributed by atoms with Gasteiger partial charge >= 0.3 is 0 Å². The Kier molecular flexibility index (Phi) is 5.95. The van der Waals surface area contributed by atoms with Gasteiger partial charge in [0.25, 0.3) is 5.91 Å². The molecule has 0 saturated carbocycles. The summed E-state index contributed by atoms with van der Waals surface area (Å²) < 4.78 is 0. The molecule has 1 atom stereocenters. The van der Waals surface area contributed by atoms with Gasteiger partial charge in [0.05, 0.1) is 5.41 Å². The van der Waals surface area contributed by atoms with Crippen LogP contribution in [0.25, 0.3) is 10.4 Å². The van der Waals surface area contributed by atoms with Gasteiger partial charge in [-0.05, 0) is 54.5 Å². The van der Waals surface area contributed by atoms with E-state index in [0.29, 0.717) is 38.2 Å². The lowest BCUT2D eigenvalue weighted by Crippen LogP contribution is -2.45. The molecular formula is C24H25N3O2S. The monoisotopic (exact) mass is 419 g/mol. The molecule has 0 spiro atoms. The van der Waals surface area contributed by atoms with Crippen LogP contribution in [0.5, 0.6) is 0 Å². The second kappa shape index (κ2) is 8.79. The van der Waals surface area contributed by atoms with E-state index in [1.54, 1.807) is 34.6 Å². The third kappa shape index (κ3) is 4.00. The topological polar surface area (TPSA) is 62.3 Å². The minimum Gasteiger partial charge on any atom is -0.356 e. The van der Waals surface area contributed by atoms with Crippen LogP contribution in [0, 0.1) is 5.41 Å². The summed E-state index contributed by atoms with van der Waals surface area (Å²) >= 11 is 1.70. The van der Waals surface area contributed by atoms with E-state index < -0.39 is 5.41 Å². The molecule has 30 heavy (non-hydrogen) atoms. The zero-order chi connectivity index (χ0) is 21.0. The third-order valence-electron chi connectivity index (χ3n) is 5.68. The Morgan fingerprint density at radius 1 is 1.13 bits per heavy atom. The van der Waals surface area contributed by atoms with Gasteiger partial charge in [-0.1, -0.05) is 36.4 Å². The van der Waals surface area contributed by atoms with Crippen molar-refractivity contribution in [2.24, 2.45) is 5.41 Å². The highest BCUT2D eigenvalue weighted by atomic mass is 32.1. The predicted molar refractivity (Wildman–Crippen MR) is 119 cm³/mol. The fourth-order valence-corrected chi connectivity index (χ4v) is 4.95. The van der Waals surface area contributed by atoms with Gasteiger partial charge in [0.2, 0.25) is 5.91 Å². The van der Waals surface area contributed by atoms with Crippen molar-refractivity contribution in [2.45, 2.75) is 19.8 Å². The number of rotatable bonds is 6. The lowest BCUT2D eigenvalue weighted by atomic mass is 9.78. The first-order valence-corrected chi connectivity index (χ1v) is 11.1. The summed E-state index contributed by atoms with van der Waals surface area (Å²) in [5.74, 6) is -0.101. The number of likely N-dealkylation sites (tertiary alicyclic amines) is 1. The van der Waals surface area contributed by atoms with Crippen molar-refractivity contribution < 1.29 is 9.59 Å². The fraction of sp³-hybridized carbons (Fsp3) is 0.292. The number of carbonyl (C=O) groups is 2. The molecule has 6 heteroatoms. The maximum Gasteiger partial charge on any atom is 0.272 e. The highest BCUT2D eigenvalue weighted by molar-refractivity contribution is 7.13. The summed E-state index contributed by atoms with van der Waals surface area (Å²) in [5.41, 5.74) is 2.07. The summed E-state index contributed by atoms with van der Waals surface area (Å²) in [6.45, 7) is 3.44. The van der Waals surface area contributed by atoms with Crippen LogP contribution >= 0.6 is 11.3 Å². The molecule has 0 bridgehead atoms. The van der Waals surface area contributed by atoms with Crippen molar-refractivity contribution in [1.82, 2.24) is 15.2 Å². The second-order valence-corrected chi connectivity index (χ2v) is 8.59. The van der Waals surface area contributed by atoms with Gasteiger partial charge in [-0.2, -0.15) is 0 Å². The average Bonchev–Trinajstić information content (AvgIpc) is 3.46. The van der Waals surface area contributed by atoms with Crippen LogP contribution in [-0.2, 0) is 11.2 Å². The van der Waals surface area contributed by atoms with Crippen molar-refractivity contribution in [3.05, 3.63) is 77.4 Å². The van der Waals surface area contributed by atoms with Crippen molar-refractivity contribution >= 4 is 23.2 Å². The number of benzene rings is 1. The molecule has 4 rings (SSSR count). The van der Waals surface area contributed by atoms with Crippen molar-refractivity contribution in [2.75, 3.05) is 19.6 Å². The molecule has 0 unspecified atom stereocenters. The zero-order valence-corrected chi connectivity index (χ0v) is 17.8. The van der Waals surface area contributed by atoms with Crippen LogP contribution in [0.2, 0.25) is 0 Å². The zero-order valence-electron chi connectivity index (χ0n) is 17.0. The number of nitrogens with one attached hydrogen (secondary N) is 1. The molecule has 0 radical (unpaired) electrons. The number of aromatic nitrogens is 1. The quantitative estimate of drug-likeness (QED) is 0.656. The van der Waals surface area contributed by atoms with Gasteiger partial charge in [-0.15, -0.1) is 11.3 Å². The number of hydrogen-bond donors (Lipinski definition) is 1. The van der Waals surface area contributed by atoms with Gasteiger partial charge in [0.15, 0.2) is 0 Å². The van der Waals surface area contributed by atoms with Gasteiger partial charge < -0.3 is 10.2 Å². The maximum absolute atomic E-state index is 13.2. The fourth-order valence-electron chi connectivity index (χ4n) is 4.17. The van der Waals surface area contributed by atoms with E-state index >= 15 is 0 Å². The number of pyridine rings is 1. The Morgan fingerprint density at radius 3 is 2.70 bits per heavy atom. The largest absolute Gasteiger partial charge is 0.356 e. The summed E-state index contributed by atoms with van der Waals surface area (Å²) in [5, 5.41) is 5.08. The molecule has 2 amide bonds. The molecule has 3 aromatic rings. The molecule has 1 aliphatic heterocycles. The van der Waals surface area contributed by atoms with Gasteiger partial charge in [0, 0.05) is 30.7 Å². The van der Waals surface area contributed by atoms with Crippen LogP contribution in [0.3, 0.4) is 0 Å². The van der Waals surface area contributed by atoms with E-state index in [-0.39, 0.29) is 11.8 Å². The van der Waals surface area contributed by atoms with Gasteiger partial charge in [-0.3, -0.25) is 14.6 Å². The smallest absolute Gasteiger partial charge is 0.272 e. The highest BCUT2D eigenvalue weighted by Gasteiger charge is 2.46. The lowest BCUT2D eigenvalue weighted by Gasteiger charge is -2.29. The number of carbonyl (C=O) groups excluding carboxylic acids is 2. The predicted octanol–water partition coefficient (Wildman–Crippen LogP) is 4.02. The molecular weight excluding hydrogens is 394 g/mol. The number of thiophene rings is 1.